The van der Waals surface area contributed by atoms with Crippen molar-refractivity contribution in [2.75, 3.05) is 18.8 Å². The maximum atomic E-state index is 15.4. The molecular weight excluding hydrogens is 471 g/mol. The number of anilines is 1. The number of allylic oxidation sites excluding steroid dienone is 1. The molecule has 1 aliphatic heterocycles. The highest BCUT2D eigenvalue weighted by Gasteiger charge is 2.30. The van der Waals surface area contributed by atoms with Crippen LogP contribution in [0.1, 0.15) is 31.5 Å². The Labute approximate surface area is 213 Å². The van der Waals surface area contributed by atoms with E-state index in [9.17, 15) is 10.1 Å². The van der Waals surface area contributed by atoms with Gasteiger partial charge in [-0.05, 0) is 44.0 Å². The molecule has 1 atom stereocenters. The predicted molar refractivity (Wildman–Crippen MR) is 137 cm³/mol. The summed E-state index contributed by atoms with van der Waals surface area (Å²) >= 11 is 0. The summed E-state index contributed by atoms with van der Waals surface area (Å²) in [6.07, 6.45) is 6.38. The second-order valence-corrected chi connectivity index (χ2v) is 8.81. The van der Waals surface area contributed by atoms with Gasteiger partial charge in [-0.2, -0.15) is 5.26 Å². The van der Waals surface area contributed by atoms with Crippen LogP contribution < -0.4 is 10.5 Å². The number of rotatable bonds is 5. The fraction of sp³-hybridized carbons (Fsp3) is 0.214. The number of likely N-dealkylation sites (tertiary alicyclic amines) is 1. The lowest BCUT2D eigenvalue weighted by Gasteiger charge is -2.32. The number of para-hydroxylation sites is 1. The lowest BCUT2D eigenvalue weighted by Crippen LogP contribution is -2.40. The van der Waals surface area contributed by atoms with E-state index in [4.69, 9.17) is 15.5 Å². The maximum Gasteiger partial charge on any atom is 0.264 e. The molecule has 0 radical (unpaired) electrons. The summed E-state index contributed by atoms with van der Waals surface area (Å²) in [7, 11) is 0. The highest BCUT2D eigenvalue weighted by molar-refractivity contribution is 5.97. The molecule has 5 rings (SSSR count). The van der Waals surface area contributed by atoms with E-state index < -0.39 is 5.82 Å². The fourth-order valence-corrected chi connectivity index (χ4v) is 4.72. The topological polar surface area (TPSA) is 110 Å². The monoisotopic (exact) mass is 496 g/mol. The maximum absolute atomic E-state index is 15.4. The van der Waals surface area contributed by atoms with Gasteiger partial charge in [0, 0.05) is 43.0 Å². The van der Waals surface area contributed by atoms with Gasteiger partial charge >= 0.3 is 0 Å². The molecular formula is C28H25FN6O2. The normalized spacial score (nSPS) is 16.0. The zero-order valence-electron chi connectivity index (χ0n) is 20.3. The van der Waals surface area contributed by atoms with Crippen LogP contribution >= 0.6 is 0 Å². The Bertz CT molecular complexity index is 1540. The highest BCUT2D eigenvalue weighted by atomic mass is 19.1. The summed E-state index contributed by atoms with van der Waals surface area (Å²) in [5, 5.41) is 9.29. The number of nitrogens with two attached hydrogens (primary N) is 1. The summed E-state index contributed by atoms with van der Waals surface area (Å²) in [6, 6.07) is 15.7. The zero-order valence-corrected chi connectivity index (χ0v) is 20.3. The van der Waals surface area contributed by atoms with Gasteiger partial charge < -0.3 is 15.4 Å². The van der Waals surface area contributed by atoms with Crippen molar-refractivity contribution in [3.05, 3.63) is 84.2 Å². The van der Waals surface area contributed by atoms with Gasteiger partial charge in [0.2, 0.25) is 0 Å². The second-order valence-electron chi connectivity index (χ2n) is 8.81. The number of amides is 1. The minimum absolute atomic E-state index is 0.114. The number of nitrogens with zero attached hydrogens (tertiary/aromatic N) is 5. The van der Waals surface area contributed by atoms with Crippen molar-refractivity contribution in [3.8, 4) is 28.8 Å². The molecule has 0 spiro atoms. The molecule has 1 aliphatic rings. The molecule has 37 heavy (non-hydrogen) atoms. The molecule has 2 N–H and O–H groups in total. The van der Waals surface area contributed by atoms with E-state index in [-0.39, 0.29) is 28.8 Å². The first-order valence-corrected chi connectivity index (χ1v) is 12.0. The number of hydrogen-bond acceptors (Lipinski definition) is 6. The number of halogens is 1. The molecule has 0 unspecified atom stereocenters. The number of nitriles is 1. The molecule has 9 heteroatoms. The number of imidazole rings is 1. The Morgan fingerprint density at radius 2 is 2.05 bits per heavy atom. The molecule has 0 bridgehead atoms. The largest absolute Gasteiger partial charge is 0.457 e. The van der Waals surface area contributed by atoms with Gasteiger partial charge in [-0.3, -0.25) is 9.20 Å². The zero-order chi connectivity index (χ0) is 25.9. The van der Waals surface area contributed by atoms with Crippen LogP contribution in [0.25, 0.3) is 16.8 Å². The van der Waals surface area contributed by atoms with Crippen molar-refractivity contribution in [2.24, 2.45) is 0 Å². The Balaban J connectivity index is 1.52. The Hall–Kier alpha value is -4.71. The third-order valence-electron chi connectivity index (χ3n) is 6.50. The molecule has 1 saturated heterocycles. The summed E-state index contributed by atoms with van der Waals surface area (Å²) in [5.74, 6) is 0.936. The first-order chi connectivity index (χ1) is 18.0. The van der Waals surface area contributed by atoms with Crippen molar-refractivity contribution < 1.29 is 13.9 Å². The van der Waals surface area contributed by atoms with E-state index in [1.54, 1.807) is 48.5 Å². The number of piperidine rings is 1. The molecule has 3 heterocycles. The number of nitrogen functional groups attached to an aromatic ring is 1. The number of carbonyl (C=O) groups is 1. The van der Waals surface area contributed by atoms with Crippen LogP contribution in [-0.2, 0) is 4.79 Å². The van der Waals surface area contributed by atoms with E-state index in [0.29, 0.717) is 41.6 Å². The minimum Gasteiger partial charge on any atom is -0.457 e. The van der Waals surface area contributed by atoms with Crippen LogP contribution in [0.3, 0.4) is 0 Å². The van der Waals surface area contributed by atoms with Crippen LogP contribution in [-0.4, -0.2) is 38.3 Å². The van der Waals surface area contributed by atoms with Crippen molar-refractivity contribution in [1.29, 1.82) is 5.26 Å². The lowest BCUT2D eigenvalue weighted by molar-refractivity contribution is -0.127. The average Bonchev–Trinajstić information content (AvgIpc) is 3.31. The van der Waals surface area contributed by atoms with Crippen molar-refractivity contribution in [2.45, 2.75) is 25.7 Å². The molecule has 2 aromatic heterocycles. The second kappa shape index (κ2) is 10.1. The molecule has 2 aromatic carbocycles. The van der Waals surface area contributed by atoms with Crippen molar-refractivity contribution in [1.82, 2.24) is 19.3 Å². The SMILES string of the molecule is C/C=C(\C#N)C(=O)N1CCC[C@@H](c2nc(-c3ccc(Oc4ccccc4)cc3F)c3c(N)nccn23)C1. The summed E-state index contributed by atoms with van der Waals surface area (Å²) in [5.41, 5.74) is 7.51. The van der Waals surface area contributed by atoms with Crippen LogP contribution in [0.5, 0.6) is 11.5 Å². The summed E-state index contributed by atoms with van der Waals surface area (Å²) in [4.78, 5) is 23.5. The molecule has 8 nitrogen and oxygen atoms in total. The minimum atomic E-state index is -0.504. The van der Waals surface area contributed by atoms with Gasteiger partial charge in [0.05, 0.1) is 0 Å². The van der Waals surface area contributed by atoms with Crippen molar-refractivity contribution in [3.63, 3.8) is 0 Å². The standard InChI is InChI=1S/C28H25FN6O2/c1-2-18(16-30)28(36)34-13-6-7-19(17-34)27-33-24(25-26(31)32-12-14-35(25)27)22-11-10-21(15-23(22)29)37-20-8-4-3-5-9-20/h2-5,8-12,14-15,19H,6-7,13,17H2,1H3,(H2,31,32)/b18-2+/t19-/m1/s1. The van der Waals surface area contributed by atoms with E-state index in [1.165, 1.54) is 12.1 Å². The fourth-order valence-electron chi connectivity index (χ4n) is 4.72. The number of aromatic nitrogens is 3. The molecule has 0 aliphatic carbocycles. The van der Waals surface area contributed by atoms with E-state index in [1.807, 2.05) is 28.7 Å². The first kappa shape index (κ1) is 24.0. The smallest absolute Gasteiger partial charge is 0.264 e. The predicted octanol–water partition coefficient (Wildman–Crippen LogP) is 5.09. The van der Waals surface area contributed by atoms with E-state index in [0.717, 1.165) is 12.8 Å². The van der Waals surface area contributed by atoms with Crippen LogP contribution in [0, 0.1) is 17.1 Å². The molecule has 1 fully saturated rings. The van der Waals surface area contributed by atoms with Gasteiger partial charge in [-0.1, -0.05) is 24.3 Å². The number of benzene rings is 2. The molecule has 0 saturated carbocycles. The van der Waals surface area contributed by atoms with Gasteiger partial charge in [0.1, 0.15) is 51.8 Å². The Morgan fingerprint density at radius 3 is 2.78 bits per heavy atom. The van der Waals surface area contributed by atoms with Gasteiger partial charge in [0.15, 0.2) is 0 Å². The van der Waals surface area contributed by atoms with E-state index in [2.05, 4.69) is 4.98 Å². The lowest BCUT2D eigenvalue weighted by atomic mass is 9.96. The average molecular weight is 497 g/mol. The van der Waals surface area contributed by atoms with Crippen LogP contribution in [0.4, 0.5) is 10.2 Å². The molecule has 1 amide bonds. The third-order valence-corrected chi connectivity index (χ3v) is 6.50. The number of fused-ring (bicyclic) bond motifs is 1. The highest BCUT2D eigenvalue weighted by Crippen LogP contribution is 2.36. The molecule has 4 aromatic rings. The first-order valence-electron chi connectivity index (χ1n) is 12.0. The quantitative estimate of drug-likeness (QED) is 0.305. The number of hydrogen-bond donors (Lipinski definition) is 1. The third kappa shape index (κ3) is 4.61. The van der Waals surface area contributed by atoms with Gasteiger partial charge in [0.25, 0.3) is 5.91 Å². The Morgan fingerprint density at radius 1 is 1.24 bits per heavy atom. The number of carbonyl (C=O) groups excluding carboxylic acids is 1. The summed E-state index contributed by atoms with van der Waals surface area (Å²) in [6.45, 7) is 2.63. The summed E-state index contributed by atoms with van der Waals surface area (Å²) < 4.78 is 23.0. The van der Waals surface area contributed by atoms with Crippen LogP contribution in [0.2, 0.25) is 0 Å². The van der Waals surface area contributed by atoms with Gasteiger partial charge in [-0.25, -0.2) is 14.4 Å². The number of ether oxygens (including phenoxy) is 1. The van der Waals surface area contributed by atoms with Gasteiger partial charge in [-0.15, -0.1) is 0 Å². The Kier molecular flexibility index (Phi) is 6.56. The van der Waals surface area contributed by atoms with Crippen molar-refractivity contribution >= 4 is 17.2 Å². The van der Waals surface area contributed by atoms with E-state index >= 15 is 4.39 Å². The van der Waals surface area contributed by atoms with Crippen LogP contribution in [0.15, 0.2) is 72.6 Å². The molecule has 186 valence electrons.